The molecule has 0 aliphatic rings. The lowest BCUT2D eigenvalue weighted by atomic mass is 10.2. The van der Waals surface area contributed by atoms with E-state index >= 15 is 0 Å². The van der Waals surface area contributed by atoms with Crippen LogP contribution in [0.1, 0.15) is 42.0 Å². The first-order valence-electron chi connectivity index (χ1n) is 8.67. The molecule has 7 heteroatoms. The van der Waals surface area contributed by atoms with Crippen LogP contribution in [0.15, 0.2) is 22.7 Å². The first kappa shape index (κ1) is 19.6. The molecule has 1 amide bonds. The van der Waals surface area contributed by atoms with Gasteiger partial charge in [-0.3, -0.25) is 4.79 Å². The molecule has 1 N–H and O–H groups in total. The van der Waals surface area contributed by atoms with Crippen LogP contribution in [0.2, 0.25) is 0 Å². The molecule has 6 nitrogen and oxygen atoms in total. The molecule has 0 radical (unpaired) electrons. The summed E-state index contributed by atoms with van der Waals surface area (Å²) in [6, 6.07) is 5.93. The summed E-state index contributed by atoms with van der Waals surface area (Å²) in [4.78, 5) is 14.7. The Kier molecular flexibility index (Phi) is 7.13. The van der Waals surface area contributed by atoms with Crippen LogP contribution in [0.4, 0.5) is 0 Å². The smallest absolute Gasteiger partial charge is 0.273 e. The highest BCUT2D eigenvalue weighted by Gasteiger charge is 2.17. The lowest BCUT2D eigenvalue weighted by Gasteiger charge is -2.17. The van der Waals surface area contributed by atoms with Crippen molar-refractivity contribution in [3.8, 4) is 5.69 Å². The normalized spacial score (nSPS) is 11.1. The first-order chi connectivity index (χ1) is 12.0. The lowest BCUT2D eigenvalue weighted by Crippen LogP contribution is -2.30. The van der Waals surface area contributed by atoms with E-state index in [0.29, 0.717) is 12.2 Å². The number of aryl methyl sites for hydroxylation is 1. The quantitative estimate of drug-likeness (QED) is 0.682. The molecule has 25 heavy (non-hydrogen) atoms. The maximum Gasteiger partial charge on any atom is 0.273 e. The number of carbonyl (C=O) groups excluding carboxylic acids is 1. The largest absolute Gasteiger partial charge is 0.351 e. The summed E-state index contributed by atoms with van der Waals surface area (Å²) >= 11 is 3.49. The standard InChI is InChI=1S/C18H26BrN5O/c1-5-23(6-2)11-7-10-20-18(25)17-14(4)24(22-21-17)15-8-9-16(19)13(3)12-15/h8-9,12H,5-7,10-11H2,1-4H3,(H,20,25). The van der Waals surface area contributed by atoms with Crippen molar-refractivity contribution in [1.82, 2.24) is 25.2 Å². The number of halogens is 1. The molecular weight excluding hydrogens is 382 g/mol. The Bertz CT molecular complexity index is 724. The van der Waals surface area contributed by atoms with Crippen molar-refractivity contribution in [3.05, 3.63) is 39.6 Å². The van der Waals surface area contributed by atoms with Crippen LogP contribution < -0.4 is 5.32 Å². The van der Waals surface area contributed by atoms with Gasteiger partial charge >= 0.3 is 0 Å². The van der Waals surface area contributed by atoms with Crippen molar-refractivity contribution in [2.24, 2.45) is 0 Å². The van der Waals surface area contributed by atoms with Crippen molar-refractivity contribution < 1.29 is 4.79 Å². The van der Waals surface area contributed by atoms with Gasteiger partial charge in [0.1, 0.15) is 0 Å². The molecule has 0 unspecified atom stereocenters. The molecule has 0 spiro atoms. The second kappa shape index (κ2) is 9.10. The van der Waals surface area contributed by atoms with Gasteiger partial charge in [-0.05, 0) is 63.7 Å². The summed E-state index contributed by atoms with van der Waals surface area (Å²) in [6.07, 6.45) is 0.923. The summed E-state index contributed by atoms with van der Waals surface area (Å²) in [5, 5.41) is 11.2. The Balaban J connectivity index is 2.00. The molecule has 0 aliphatic heterocycles. The molecule has 0 fully saturated rings. The second-order valence-corrected chi connectivity index (χ2v) is 6.86. The predicted molar refractivity (Wildman–Crippen MR) is 103 cm³/mol. The van der Waals surface area contributed by atoms with Crippen LogP contribution in [0, 0.1) is 13.8 Å². The van der Waals surface area contributed by atoms with Gasteiger partial charge in [0.15, 0.2) is 5.69 Å². The highest BCUT2D eigenvalue weighted by molar-refractivity contribution is 9.10. The van der Waals surface area contributed by atoms with Crippen molar-refractivity contribution in [1.29, 1.82) is 0 Å². The number of rotatable bonds is 8. The number of benzene rings is 1. The fourth-order valence-corrected chi connectivity index (χ4v) is 2.92. The summed E-state index contributed by atoms with van der Waals surface area (Å²) in [5.41, 5.74) is 3.12. The summed E-state index contributed by atoms with van der Waals surface area (Å²) in [5.74, 6) is -0.169. The Morgan fingerprint density at radius 3 is 2.64 bits per heavy atom. The fourth-order valence-electron chi connectivity index (χ4n) is 2.67. The molecule has 0 saturated heterocycles. The van der Waals surface area contributed by atoms with Crippen molar-refractivity contribution in [2.75, 3.05) is 26.2 Å². The van der Waals surface area contributed by atoms with Gasteiger partial charge in [0.05, 0.1) is 11.4 Å². The van der Waals surface area contributed by atoms with E-state index in [-0.39, 0.29) is 5.91 Å². The van der Waals surface area contributed by atoms with Gasteiger partial charge in [0, 0.05) is 11.0 Å². The van der Waals surface area contributed by atoms with Crippen LogP contribution in [0.25, 0.3) is 5.69 Å². The summed E-state index contributed by atoms with van der Waals surface area (Å²) < 4.78 is 2.74. The third kappa shape index (κ3) is 4.89. The van der Waals surface area contributed by atoms with Gasteiger partial charge in [0.2, 0.25) is 0 Å². The maximum absolute atomic E-state index is 12.4. The Hall–Kier alpha value is -1.73. The van der Waals surface area contributed by atoms with Gasteiger partial charge < -0.3 is 10.2 Å². The minimum Gasteiger partial charge on any atom is -0.351 e. The topological polar surface area (TPSA) is 63.1 Å². The average Bonchev–Trinajstić information content (AvgIpc) is 2.99. The Morgan fingerprint density at radius 2 is 2.00 bits per heavy atom. The number of aromatic nitrogens is 3. The molecule has 2 aromatic rings. The van der Waals surface area contributed by atoms with E-state index in [2.05, 4.69) is 50.3 Å². The third-order valence-electron chi connectivity index (χ3n) is 4.33. The molecule has 0 atom stereocenters. The fraction of sp³-hybridized carbons (Fsp3) is 0.500. The van der Waals surface area contributed by atoms with E-state index < -0.39 is 0 Å². The minimum atomic E-state index is -0.169. The number of nitrogens with one attached hydrogen (secondary N) is 1. The van der Waals surface area contributed by atoms with E-state index in [1.807, 2.05) is 32.0 Å². The Morgan fingerprint density at radius 1 is 1.28 bits per heavy atom. The number of hydrogen-bond acceptors (Lipinski definition) is 4. The molecule has 1 aromatic carbocycles. The number of amides is 1. The van der Waals surface area contributed by atoms with Crippen molar-refractivity contribution in [2.45, 2.75) is 34.1 Å². The van der Waals surface area contributed by atoms with Gasteiger partial charge in [-0.1, -0.05) is 35.0 Å². The Labute approximate surface area is 157 Å². The highest BCUT2D eigenvalue weighted by Crippen LogP contribution is 2.20. The van der Waals surface area contributed by atoms with Crippen LogP contribution in [0.5, 0.6) is 0 Å². The SMILES string of the molecule is CCN(CC)CCCNC(=O)c1nnn(-c2ccc(Br)c(C)c2)c1C. The van der Waals surface area contributed by atoms with Gasteiger partial charge in [-0.25, -0.2) is 4.68 Å². The van der Waals surface area contributed by atoms with Crippen molar-refractivity contribution >= 4 is 21.8 Å². The van der Waals surface area contributed by atoms with E-state index in [1.165, 1.54) is 0 Å². The van der Waals surface area contributed by atoms with Gasteiger partial charge in [-0.2, -0.15) is 0 Å². The predicted octanol–water partition coefficient (Wildman–Crippen LogP) is 3.11. The summed E-state index contributed by atoms with van der Waals surface area (Å²) in [7, 11) is 0. The zero-order valence-electron chi connectivity index (χ0n) is 15.3. The molecule has 1 heterocycles. The van der Waals surface area contributed by atoms with Crippen molar-refractivity contribution in [3.63, 3.8) is 0 Å². The lowest BCUT2D eigenvalue weighted by molar-refractivity contribution is 0.0946. The molecule has 136 valence electrons. The first-order valence-corrected chi connectivity index (χ1v) is 9.46. The third-order valence-corrected chi connectivity index (χ3v) is 5.22. The van der Waals surface area contributed by atoms with E-state index in [1.54, 1.807) is 4.68 Å². The van der Waals surface area contributed by atoms with Crippen LogP contribution in [0.3, 0.4) is 0 Å². The zero-order valence-corrected chi connectivity index (χ0v) is 16.9. The average molecular weight is 408 g/mol. The highest BCUT2D eigenvalue weighted by atomic mass is 79.9. The number of nitrogens with zero attached hydrogens (tertiary/aromatic N) is 4. The van der Waals surface area contributed by atoms with Gasteiger partial charge in [0.25, 0.3) is 5.91 Å². The zero-order chi connectivity index (χ0) is 18.4. The van der Waals surface area contributed by atoms with Gasteiger partial charge in [-0.15, -0.1) is 5.10 Å². The maximum atomic E-state index is 12.4. The molecule has 0 aliphatic carbocycles. The number of carbonyl (C=O) groups is 1. The molecule has 1 aromatic heterocycles. The van der Waals surface area contributed by atoms with Crippen LogP contribution in [-0.2, 0) is 0 Å². The molecule has 2 rings (SSSR count). The van der Waals surface area contributed by atoms with E-state index in [0.717, 1.165) is 47.5 Å². The number of hydrogen-bond donors (Lipinski definition) is 1. The monoisotopic (exact) mass is 407 g/mol. The molecular formula is C18H26BrN5O. The van der Waals surface area contributed by atoms with E-state index in [9.17, 15) is 4.79 Å². The molecule has 0 saturated carbocycles. The second-order valence-electron chi connectivity index (χ2n) is 6.01. The van der Waals surface area contributed by atoms with Crippen LogP contribution in [-0.4, -0.2) is 52.0 Å². The summed E-state index contributed by atoms with van der Waals surface area (Å²) in [6.45, 7) is 11.9. The van der Waals surface area contributed by atoms with E-state index in [4.69, 9.17) is 0 Å². The van der Waals surface area contributed by atoms with Crippen LogP contribution >= 0.6 is 15.9 Å². The molecule has 0 bridgehead atoms. The minimum absolute atomic E-state index is 0.169.